The van der Waals surface area contributed by atoms with E-state index in [1.165, 1.54) is 28.6 Å². The van der Waals surface area contributed by atoms with Crippen molar-refractivity contribution in [2.45, 2.75) is 57.2 Å². The van der Waals surface area contributed by atoms with Gasteiger partial charge in [0.15, 0.2) is 0 Å². The minimum atomic E-state index is -0.268. The minimum Gasteiger partial charge on any atom is -0.322 e. The number of aryl methyl sites for hydroxylation is 3. The van der Waals surface area contributed by atoms with Crippen LogP contribution in [0.3, 0.4) is 0 Å². The maximum absolute atomic E-state index is 12.8. The van der Waals surface area contributed by atoms with Gasteiger partial charge in [0.05, 0.1) is 22.3 Å². The number of carbonyl (C=O) groups is 1. The van der Waals surface area contributed by atoms with Crippen LogP contribution in [0, 0.1) is 19.8 Å². The first-order chi connectivity index (χ1) is 13.3. The molecule has 1 aliphatic carbocycles. The third-order valence-corrected chi connectivity index (χ3v) is 7.73. The number of aromatic nitrogens is 4. The van der Waals surface area contributed by atoms with Gasteiger partial charge in [-0.15, -0.1) is 11.3 Å². The average molecular weight is 416 g/mol. The molecule has 0 aliphatic heterocycles. The van der Waals surface area contributed by atoms with Crippen molar-refractivity contribution in [1.29, 1.82) is 0 Å². The fraction of sp³-hybridized carbons (Fsp3) is 0.500. The van der Waals surface area contributed by atoms with E-state index in [-0.39, 0.29) is 11.2 Å². The molecule has 2 atom stereocenters. The van der Waals surface area contributed by atoms with Gasteiger partial charge < -0.3 is 5.32 Å². The number of hydrogen-bond acceptors (Lipinski definition) is 6. The van der Waals surface area contributed by atoms with Crippen molar-refractivity contribution < 1.29 is 4.79 Å². The summed E-state index contributed by atoms with van der Waals surface area (Å²) < 4.78 is 1.79. The molecule has 0 saturated heterocycles. The number of amides is 1. The minimum absolute atomic E-state index is 0.0336. The number of nitrogens with one attached hydrogen (secondary N) is 1. The number of nitrogens with zero attached hydrogens (tertiary/aromatic N) is 4. The zero-order chi connectivity index (χ0) is 20.0. The fourth-order valence-corrected chi connectivity index (χ4v) is 6.10. The Kier molecular flexibility index (Phi) is 5.18. The summed E-state index contributed by atoms with van der Waals surface area (Å²) in [6.45, 7) is 8.10. The lowest BCUT2D eigenvalue weighted by atomic mass is 9.89. The smallest absolute Gasteiger partial charge is 0.237 e. The average Bonchev–Trinajstić information content (AvgIpc) is 3.13. The normalized spacial score (nSPS) is 17.5. The predicted octanol–water partition coefficient (Wildman–Crippen LogP) is 4.29. The molecule has 0 fully saturated rings. The Morgan fingerprint density at radius 1 is 1.39 bits per heavy atom. The first-order valence-corrected chi connectivity index (χ1v) is 11.3. The lowest BCUT2D eigenvalue weighted by Gasteiger charge is -2.18. The Bertz CT molecular complexity index is 1050. The number of anilines is 1. The fourth-order valence-electron chi connectivity index (χ4n) is 3.74. The van der Waals surface area contributed by atoms with Crippen LogP contribution in [-0.4, -0.2) is 30.9 Å². The van der Waals surface area contributed by atoms with Gasteiger partial charge in [-0.05, 0) is 51.5 Å². The monoisotopic (exact) mass is 415 g/mol. The van der Waals surface area contributed by atoms with E-state index < -0.39 is 0 Å². The molecule has 6 nitrogen and oxygen atoms in total. The van der Waals surface area contributed by atoms with Crippen molar-refractivity contribution >= 4 is 44.9 Å². The molecular weight excluding hydrogens is 390 g/mol. The molecule has 1 amide bonds. The van der Waals surface area contributed by atoms with Gasteiger partial charge in [0.2, 0.25) is 5.91 Å². The topological polar surface area (TPSA) is 72.7 Å². The highest BCUT2D eigenvalue weighted by molar-refractivity contribution is 8.00. The van der Waals surface area contributed by atoms with Crippen molar-refractivity contribution in [2.24, 2.45) is 13.0 Å². The van der Waals surface area contributed by atoms with E-state index in [4.69, 9.17) is 0 Å². The van der Waals surface area contributed by atoms with Crippen molar-refractivity contribution in [1.82, 2.24) is 19.7 Å². The van der Waals surface area contributed by atoms with Crippen LogP contribution >= 0.6 is 23.1 Å². The Balaban J connectivity index is 1.58. The van der Waals surface area contributed by atoms with Crippen LogP contribution in [0.2, 0.25) is 0 Å². The molecule has 0 aromatic carbocycles. The molecule has 8 heteroatoms. The van der Waals surface area contributed by atoms with Crippen LogP contribution in [0.1, 0.15) is 42.1 Å². The molecule has 3 heterocycles. The number of carbonyl (C=O) groups excluding carboxylic acids is 1. The van der Waals surface area contributed by atoms with E-state index in [0.29, 0.717) is 0 Å². The van der Waals surface area contributed by atoms with Gasteiger partial charge in [0, 0.05) is 17.3 Å². The highest BCUT2D eigenvalue weighted by atomic mass is 32.2. The van der Waals surface area contributed by atoms with Crippen molar-refractivity contribution in [2.75, 3.05) is 5.32 Å². The quantitative estimate of drug-likeness (QED) is 0.508. The van der Waals surface area contributed by atoms with E-state index in [1.807, 2.05) is 27.8 Å². The summed E-state index contributed by atoms with van der Waals surface area (Å²) in [6.07, 6.45) is 5.02. The molecule has 0 saturated carbocycles. The van der Waals surface area contributed by atoms with Gasteiger partial charge in [0.1, 0.15) is 16.2 Å². The van der Waals surface area contributed by atoms with Gasteiger partial charge in [-0.1, -0.05) is 18.7 Å². The second-order valence-electron chi connectivity index (χ2n) is 7.63. The summed E-state index contributed by atoms with van der Waals surface area (Å²) in [5.41, 5.74) is 3.98. The predicted molar refractivity (Wildman–Crippen MR) is 115 cm³/mol. The molecule has 0 unspecified atom stereocenters. The van der Waals surface area contributed by atoms with Gasteiger partial charge in [-0.2, -0.15) is 5.10 Å². The molecular formula is C20H25N5OS2. The van der Waals surface area contributed by atoms with Crippen LogP contribution in [0.4, 0.5) is 5.69 Å². The molecule has 1 aliphatic rings. The summed E-state index contributed by atoms with van der Waals surface area (Å²) in [7, 11) is 1.88. The van der Waals surface area contributed by atoms with Crippen LogP contribution in [0.25, 0.3) is 10.2 Å². The first kappa shape index (κ1) is 19.4. The molecule has 148 valence electrons. The Labute approximate surface area is 173 Å². The van der Waals surface area contributed by atoms with Crippen LogP contribution < -0.4 is 5.32 Å². The summed E-state index contributed by atoms with van der Waals surface area (Å²) in [6, 6.07) is 0. The second-order valence-corrected chi connectivity index (χ2v) is 10.0. The van der Waals surface area contributed by atoms with E-state index in [0.717, 1.165) is 51.1 Å². The molecule has 4 rings (SSSR count). The maximum Gasteiger partial charge on any atom is 0.237 e. The highest BCUT2D eigenvalue weighted by Crippen LogP contribution is 2.41. The molecule has 0 bridgehead atoms. The molecule has 3 aromatic rings. The third-order valence-electron chi connectivity index (χ3n) is 5.47. The lowest BCUT2D eigenvalue weighted by Crippen LogP contribution is -2.23. The molecule has 0 spiro atoms. The third kappa shape index (κ3) is 3.43. The summed E-state index contributed by atoms with van der Waals surface area (Å²) in [5, 5.41) is 9.22. The van der Waals surface area contributed by atoms with E-state index in [1.54, 1.807) is 22.3 Å². The zero-order valence-electron chi connectivity index (χ0n) is 16.9. The Morgan fingerprint density at radius 3 is 2.89 bits per heavy atom. The van der Waals surface area contributed by atoms with Crippen LogP contribution in [0.5, 0.6) is 0 Å². The summed E-state index contributed by atoms with van der Waals surface area (Å²) >= 11 is 3.30. The molecule has 0 radical (unpaired) electrons. The Morgan fingerprint density at radius 2 is 2.18 bits per heavy atom. The molecule has 28 heavy (non-hydrogen) atoms. The first-order valence-electron chi connectivity index (χ1n) is 9.58. The van der Waals surface area contributed by atoms with E-state index >= 15 is 0 Å². The number of hydrogen-bond donors (Lipinski definition) is 1. The number of rotatable bonds is 4. The SMILES string of the molecule is Cc1nn(C)c(C)c1NC(=O)[C@@H](C)Sc1ncnc2sc3c(c12)CC[C@H](C)C3. The van der Waals surface area contributed by atoms with E-state index in [2.05, 4.69) is 27.3 Å². The molecule has 1 N–H and O–H groups in total. The van der Waals surface area contributed by atoms with Gasteiger partial charge in [0.25, 0.3) is 0 Å². The second kappa shape index (κ2) is 7.48. The number of thioether (sulfide) groups is 1. The number of fused-ring (bicyclic) bond motifs is 3. The van der Waals surface area contributed by atoms with Gasteiger partial charge in [-0.25, -0.2) is 9.97 Å². The van der Waals surface area contributed by atoms with Crippen molar-refractivity contribution in [3.05, 3.63) is 28.2 Å². The van der Waals surface area contributed by atoms with Gasteiger partial charge >= 0.3 is 0 Å². The maximum atomic E-state index is 12.8. The summed E-state index contributed by atoms with van der Waals surface area (Å²) in [5.74, 6) is 0.689. The highest BCUT2D eigenvalue weighted by Gasteiger charge is 2.25. The van der Waals surface area contributed by atoms with Crippen molar-refractivity contribution in [3.63, 3.8) is 0 Å². The zero-order valence-corrected chi connectivity index (χ0v) is 18.5. The molecule has 3 aromatic heterocycles. The standard InChI is InChI=1S/C20H25N5OS2/c1-10-6-7-14-15(8-10)28-20-16(14)19(21-9-22-20)27-13(4)18(26)23-17-11(2)24-25(5)12(17)3/h9-10,13H,6-8H2,1-5H3,(H,23,26)/t10-,13+/m0/s1. The number of thiophene rings is 1. The van der Waals surface area contributed by atoms with Crippen LogP contribution in [-0.2, 0) is 24.7 Å². The van der Waals surface area contributed by atoms with E-state index in [9.17, 15) is 4.79 Å². The Hall–Kier alpha value is -1.93. The largest absolute Gasteiger partial charge is 0.322 e. The van der Waals surface area contributed by atoms with Crippen molar-refractivity contribution in [3.8, 4) is 0 Å². The van der Waals surface area contributed by atoms with Gasteiger partial charge in [-0.3, -0.25) is 9.48 Å². The lowest BCUT2D eigenvalue weighted by molar-refractivity contribution is -0.115. The summed E-state index contributed by atoms with van der Waals surface area (Å²) in [4.78, 5) is 24.3. The van der Waals surface area contributed by atoms with Crippen LogP contribution in [0.15, 0.2) is 11.4 Å².